The molecule has 3 amide bonds. The molecule has 1 saturated heterocycles. The number of nitrogens with zero attached hydrogens (tertiary/aromatic N) is 2. The topological polar surface area (TPSA) is 62.3 Å². The van der Waals surface area contributed by atoms with Gasteiger partial charge in [0, 0.05) is 24.0 Å². The molecule has 0 bridgehead atoms. The minimum Gasteiger partial charge on any atom is -0.336 e. The van der Waals surface area contributed by atoms with Gasteiger partial charge in [-0.1, -0.05) is 11.8 Å². The van der Waals surface area contributed by atoms with Gasteiger partial charge in [0.2, 0.25) is 5.91 Å². The van der Waals surface area contributed by atoms with Crippen LogP contribution in [-0.2, 0) is 4.79 Å². The number of hydrogen-bond donors (Lipinski definition) is 1. The highest BCUT2D eigenvalue weighted by atomic mass is 32.2. The Labute approximate surface area is 134 Å². The molecule has 1 aliphatic heterocycles. The second-order valence-electron chi connectivity index (χ2n) is 4.57. The molecule has 1 N–H and O–H groups in total. The van der Waals surface area contributed by atoms with Gasteiger partial charge in [0.15, 0.2) is 4.34 Å². The van der Waals surface area contributed by atoms with Crippen molar-refractivity contribution in [1.29, 1.82) is 0 Å². The molecule has 1 fully saturated rings. The largest absolute Gasteiger partial charge is 0.336 e. The van der Waals surface area contributed by atoms with E-state index in [2.05, 4.69) is 10.3 Å². The summed E-state index contributed by atoms with van der Waals surface area (Å²) in [5.41, 5.74) is 1.58. The summed E-state index contributed by atoms with van der Waals surface area (Å²) < 4.78 is 13.6. The summed E-state index contributed by atoms with van der Waals surface area (Å²) in [5.74, 6) is -0.342. The maximum Gasteiger partial charge on any atom is 0.324 e. The molecule has 1 aliphatic rings. The summed E-state index contributed by atoms with van der Waals surface area (Å²) in [7, 11) is 0. The molecule has 1 aromatic carbocycles. The highest BCUT2D eigenvalue weighted by Gasteiger charge is 2.26. The number of hydrogen-bond acceptors (Lipinski definition) is 5. The standard InChI is InChI=1S/C14H12FN3O2S2/c15-10-3-1-9(2-4-10)11-7-21-14(17-11)22-8-12(19)18-6-5-16-13(18)20/h1-4,7H,5-6,8H2,(H,16,20). The lowest BCUT2D eigenvalue weighted by Gasteiger charge is -2.10. The SMILES string of the molecule is O=C(CSc1nc(-c2ccc(F)cc2)cs1)N1CCNC1=O. The van der Waals surface area contributed by atoms with E-state index in [4.69, 9.17) is 0 Å². The number of carbonyl (C=O) groups excluding carboxylic acids is 2. The molecule has 2 aromatic rings. The molecular weight excluding hydrogens is 325 g/mol. The average molecular weight is 337 g/mol. The van der Waals surface area contributed by atoms with Crippen LogP contribution in [0, 0.1) is 5.82 Å². The van der Waals surface area contributed by atoms with Crippen molar-refractivity contribution in [1.82, 2.24) is 15.2 Å². The van der Waals surface area contributed by atoms with Crippen molar-refractivity contribution in [3.8, 4) is 11.3 Å². The molecule has 8 heteroatoms. The van der Waals surface area contributed by atoms with Crippen LogP contribution in [0.4, 0.5) is 9.18 Å². The van der Waals surface area contributed by atoms with Crippen LogP contribution in [0.5, 0.6) is 0 Å². The van der Waals surface area contributed by atoms with Crippen molar-refractivity contribution >= 4 is 35.0 Å². The average Bonchev–Trinajstić information content (AvgIpc) is 3.14. The zero-order chi connectivity index (χ0) is 15.5. The molecule has 3 rings (SSSR count). The van der Waals surface area contributed by atoms with Crippen molar-refractivity contribution < 1.29 is 14.0 Å². The van der Waals surface area contributed by atoms with Gasteiger partial charge in [-0.3, -0.25) is 9.69 Å². The number of urea groups is 1. The van der Waals surface area contributed by atoms with E-state index in [0.717, 1.165) is 15.6 Å². The minimum absolute atomic E-state index is 0.170. The van der Waals surface area contributed by atoms with Crippen molar-refractivity contribution in [2.24, 2.45) is 0 Å². The highest BCUT2D eigenvalue weighted by Crippen LogP contribution is 2.28. The maximum atomic E-state index is 12.9. The predicted molar refractivity (Wildman–Crippen MR) is 83.3 cm³/mol. The molecule has 0 atom stereocenters. The van der Waals surface area contributed by atoms with Gasteiger partial charge in [-0.05, 0) is 24.3 Å². The number of carbonyl (C=O) groups is 2. The zero-order valence-electron chi connectivity index (χ0n) is 11.4. The first-order chi connectivity index (χ1) is 10.6. The van der Waals surface area contributed by atoms with E-state index >= 15 is 0 Å². The van der Waals surface area contributed by atoms with Gasteiger partial charge >= 0.3 is 6.03 Å². The summed E-state index contributed by atoms with van der Waals surface area (Å²) >= 11 is 2.72. The number of amides is 3. The zero-order valence-corrected chi connectivity index (χ0v) is 13.0. The first-order valence-corrected chi connectivity index (χ1v) is 8.42. The van der Waals surface area contributed by atoms with Gasteiger partial charge in [-0.25, -0.2) is 14.2 Å². The predicted octanol–water partition coefficient (Wildman–Crippen LogP) is 2.59. The monoisotopic (exact) mass is 337 g/mol. The summed E-state index contributed by atoms with van der Waals surface area (Å²) in [4.78, 5) is 28.9. The highest BCUT2D eigenvalue weighted by molar-refractivity contribution is 8.01. The van der Waals surface area contributed by atoms with E-state index in [9.17, 15) is 14.0 Å². The van der Waals surface area contributed by atoms with Crippen LogP contribution in [0.3, 0.4) is 0 Å². The lowest BCUT2D eigenvalue weighted by molar-refractivity contribution is -0.124. The molecule has 0 aliphatic carbocycles. The fourth-order valence-corrected chi connectivity index (χ4v) is 3.70. The third kappa shape index (κ3) is 3.28. The van der Waals surface area contributed by atoms with E-state index in [1.165, 1.54) is 40.1 Å². The van der Waals surface area contributed by atoms with Gasteiger partial charge in [0.25, 0.3) is 0 Å². The molecule has 22 heavy (non-hydrogen) atoms. The first kappa shape index (κ1) is 15.0. The number of rotatable bonds is 4. The van der Waals surface area contributed by atoms with Crippen LogP contribution in [0.2, 0.25) is 0 Å². The Bertz CT molecular complexity index is 702. The van der Waals surface area contributed by atoms with E-state index in [0.29, 0.717) is 13.1 Å². The van der Waals surface area contributed by atoms with Crippen LogP contribution in [0.1, 0.15) is 0 Å². The lowest BCUT2D eigenvalue weighted by atomic mass is 10.2. The molecule has 0 spiro atoms. The van der Waals surface area contributed by atoms with Crippen LogP contribution in [-0.4, -0.2) is 40.7 Å². The van der Waals surface area contributed by atoms with E-state index in [1.807, 2.05) is 5.38 Å². The number of halogens is 1. The summed E-state index contributed by atoms with van der Waals surface area (Å²) in [6.45, 7) is 0.915. The van der Waals surface area contributed by atoms with Crippen molar-refractivity contribution in [2.45, 2.75) is 4.34 Å². The Morgan fingerprint density at radius 3 is 2.86 bits per heavy atom. The Kier molecular flexibility index (Phi) is 4.39. The normalized spacial score (nSPS) is 14.2. The van der Waals surface area contributed by atoms with Gasteiger partial charge in [0.1, 0.15) is 5.82 Å². The first-order valence-electron chi connectivity index (χ1n) is 6.56. The van der Waals surface area contributed by atoms with Crippen LogP contribution >= 0.6 is 23.1 Å². The number of imide groups is 1. The quantitative estimate of drug-likeness (QED) is 0.871. The number of thiazole rings is 1. The van der Waals surface area contributed by atoms with Crippen molar-refractivity contribution in [3.63, 3.8) is 0 Å². The van der Waals surface area contributed by atoms with Crippen molar-refractivity contribution in [3.05, 3.63) is 35.5 Å². The van der Waals surface area contributed by atoms with Gasteiger partial charge in [-0.2, -0.15) is 0 Å². The molecule has 1 aromatic heterocycles. The minimum atomic E-state index is -0.336. The van der Waals surface area contributed by atoms with Crippen LogP contribution in [0.15, 0.2) is 34.0 Å². The molecule has 0 radical (unpaired) electrons. The van der Waals surface area contributed by atoms with E-state index in [-0.39, 0.29) is 23.5 Å². The van der Waals surface area contributed by atoms with Gasteiger partial charge in [-0.15, -0.1) is 11.3 Å². The number of aromatic nitrogens is 1. The van der Waals surface area contributed by atoms with Crippen molar-refractivity contribution in [2.75, 3.05) is 18.8 Å². The lowest BCUT2D eigenvalue weighted by Crippen LogP contribution is -2.35. The summed E-state index contributed by atoms with van der Waals surface area (Å²) in [6, 6.07) is 5.77. The second kappa shape index (κ2) is 6.45. The molecule has 0 unspecified atom stereocenters. The summed E-state index contributed by atoms with van der Waals surface area (Å²) in [6.07, 6.45) is 0. The summed E-state index contributed by atoms with van der Waals surface area (Å²) in [5, 5.41) is 4.46. The third-order valence-corrected chi connectivity index (χ3v) is 5.11. The van der Waals surface area contributed by atoms with Gasteiger partial charge in [0.05, 0.1) is 11.4 Å². The molecule has 0 saturated carbocycles. The number of nitrogens with one attached hydrogen (secondary N) is 1. The van der Waals surface area contributed by atoms with E-state index in [1.54, 1.807) is 12.1 Å². The smallest absolute Gasteiger partial charge is 0.324 e. The number of benzene rings is 1. The van der Waals surface area contributed by atoms with Crippen LogP contribution in [0.25, 0.3) is 11.3 Å². The fraction of sp³-hybridized carbons (Fsp3) is 0.214. The Morgan fingerprint density at radius 2 is 2.18 bits per heavy atom. The Morgan fingerprint density at radius 1 is 1.41 bits per heavy atom. The second-order valence-corrected chi connectivity index (χ2v) is 6.65. The van der Waals surface area contributed by atoms with Crippen LogP contribution < -0.4 is 5.32 Å². The van der Waals surface area contributed by atoms with E-state index < -0.39 is 0 Å². The number of thioether (sulfide) groups is 1. The molecule has 5 nitrogen and oxygen atoms in total. The molecular formula is C14H12FN3O2S2. The fourth-order valence-electron chi connectivity index (χ4n) is 1.99. The maximum absolute atomic E-state index is 12.9. The third-order valence-electron chi connectivity index (χ3n) is 3.10. The molecule has 2 heterocycles. The molecule has 114 valence electrons. The van der Waals surface area contributed by atoms with Gasteiger partial charge < -0.3 is 5.32 Å². The Hall–Kier alpha value is -1.93. The Balaban J connectivity index is 1.61.